The van der Waals surface area contributed by atoms with Gasteiger partial charge in [0.2, 0.25) is 0 Å². The van der Waals surface area contributed by atoms with E-state index < -0.39 is 23.1 Å². The Balaban J connectivity index is 2.40. The molecule has 0 unspecified atom stereocenters. The normalized spacial score (nSPS) is 10.6. The van der Waals surface area contributed by atoms with Crippen molar-refractivity contribution in [3.05, 3.63) is 60.4 Å². The van der Waals surface area contributed by atoms with Crippen LogP contribution < -0.4 is 5.32 Å². The fourth-order valence-electron chi connectivity index (χ4n) is 1.75. The van der Waals surface area contributed by atoms with Gasteiger partial charge in [-0.3, -0.25) is 4.79 Å². The molecule has 0 aliphatic rings. The Bertz CT molecular complexity index is 688. The number of hydrogen-bond donors (Lipinski definition) is 1. The van der Waals surface area contributed by atoms with Crippen LogP contribution in [-0.4, -0.2) is 5.91 Å². The Morgan fingerprint density at radius 2 is 1.48 bits per heavy atom. The highest BCUT2D eigenvalue weighted by atomic mass is 79.9. The third-order valence-corrected chi connectivity index (χ3v) is 4.37. The van der Waals surface area contributed by atoms with Crippen LogP contribution in [0.4, 0.5) is 14.5 Å². The van der Waals surface area contributed by atoms with Crippen LogP contribution in [-0.2, 0) is 0 Å². The summed E-state index contributed by atoms with van der Waals surface area (Å²) in [5, 5.41) is 2.50. The second-order valence-corrected chi connectivity index (χ2v) is 6.93. The molecule has 0 aliphatic carbocycles. The van der Waals surface area contributed by atoms with E-state index in [2.05, 4.69) is 53.1 Å². The van der Waals surface area contributed by atoms with Gasteiger partial charge in [0.05, 0.1) is 5.69 Å². The van der Waals surface area contributed by atoms with E-state index in [1.807, 2.05) is 6.92 Å². The van der Waals surface area contributed by atoms with Gasteiger partial charge in [-0.05, 0) is 68.6 Å². The van der Waals surface area contributed by atoms with Gasteiger partial charge >= 0.3 is 0 Å². The van der Waals surface area contributed by atoms with Crippen molar-refractivity contribution in [3.63, 3.8) is 0 Å². The lowest BCUT2D eigenvalue weighted by molar-refractivity contribution is 0.101. The molecule has 0 saturated carbocycles. The second-order valence-electron chi connectivity index (χ2n) is 4.30. The van der Waals surface area contributed by atoms with E-state index in [0.29, 0.717) is 14.6 Å². The Hall–Kier alpha value is -0.790. The van der Waals surface area contributed by atoms with Crippen molar-refractivity contribution in [2.45, 2.75) is 6.92 Å². The minimum Gasteiger partial charge on any atom is -0.320 e. The summed E-state index contributed by atoms with van der Waals surface area (Å²) in [6.45, 7) is 1.88. The van der Waals surface area contributed by atoms with Crippen molar-refractivity contribution in [1.82, 2.24) is 0 Å². The number of carbonyl (C=O) groups is 1. The molecule has 0 fully saturated rings. The molecule has 2 aromatic carbocycles. The zero-order valence-electron chi connectivity index (χ0n) is 10.6. The summed E-state index contributed by atoms with van der Waals surface area (Å²) in [5.41, 5.74) is 0.748. The number of hydrogen-bond acceptors (Lipinski definition) is 1. The first-order valence-electron chi connectivity index (χ1n) is 5.71. The third kappa shape index (κ3) is 3.70. The summed E-state index contributed by atoms with van der Waals surface area (Å²) < 4.78 is 29.0. The molecule has 1 amide bonds. The van der Waals surface area contributed by atoms with E-state index in [4.69, 9.17) is 0 Å². The molecular weight excluding hydrogens is 476 g/mol. The van der Waals surface area contributed by atoms with Crippen LogP contribution in [0.1, 0.15) is 15.9 Å². The van der Waals surface area contributed by atoms with E-state index in [1.54, 1.807) is 12.1 Å². The number of amides is 1. The smallest absolute Gasteiger partial charge is 0.261 e. The van der Waals surface area contributed by atoms with Gasteiger partial charge in [0, 0.05) is 13.4 Å². The van der Waals surface area contributed by atoms with E-state index in [9.17, 15) is 13.6 Å². The molecule has 2 rings (SSSR count). The zero-order chi connectivity index (χ0) is 15.7. The number of rotatable bonds is 2. The van der Waals surface area contributed by atoms with E-state index in [1.165, 1.54) is 0 Å². The van der Waals surface area contributed by atoms with Gasteiger partial charge in [0.1, 0.15) is 17.2 Å². The largest absolute Gasteiger partial charge is 0.320 e. The summed E-state index contributed by atoms with van der Waals surface area (Å²) in [7, 11) is 0. The molecular formula is C14H8Br3F2NO. The topological polar surface area (TPSA) is 29.1 Å². The summed E-state index contributed by atoms with van der Waals surface area (Å²) in [6.07, 6.45) is 0. The van der Waals surface area contributed by atoms with Crippen LogP contribution in [0.25, 0.3) is 0 Å². The molecule has 0 atom stereocenters. The van der Waals surface area contributed by atoms with Crippen LogP contribution in [0.5, 0.6) is 0 Å². The molecule has 110 valence electrons. The molecule has 0 heterocycles. The van der Waals surface area contributed by atoms with Gasteiger partial charge in [-0.1, -0.05) is 15.9 Å². The number of halogens is 5. The lowest BCUT2D eigenvalue weighted by atomic mass is 10.1. The highest BCUT2D eigenvalue weighted by Crippen LogP contribution is 2.33. The first-order valence-corrected chi connectivity index (χ1v) is 8.09. The predicted octanol–water partition coefficient (Wildman–Crippen LogP) is 5.81. The molecule has 0 aliphatic heterocycles. The van der Waals surface area contributed by atoms with Crippen molar-refractivity contribution in [2.75, 3.05) is 5.32 Å². The molecule has 0 spiro atoms. The molecule has 0 radical (unpaired) electrons. The minimum atomic E-state index is -0.932. The molecule has 21 heavy (non-hydrogen) atoms. The minimum absolute atomic E-state index is 0.228. The average molecular weight is 484 g/mol. The molecule has 2 aromatic rings. The van der Waals surface area contributed by atoms with E-state index >= 15 is 0 Å². The maximum Gasteiger partial charge on any atom is 0.261 e. The van der Waals surface area contributed by atoms with Gasteiger partial charge in [-0.15, -0.1) is 0 Å². The molecule has 0 saturated heterocycles. The number of carbonyl (C=O) groups excluding carboxylic acids is 1. The van der Waals surface area contributed by atoms with Crippen molar-refractivity contribution in [3.8, 4) is 0 Å². The predicted molar refractivity (Wildman–Crippen MR) is 88.6 cm³/mol. The summed E-state index contributed by atoms with van der Waals surface area (Å²) >= 11 is 9.58. The van der Waals surface area contributed by atoms with E-state index in [-0.39, 0.29) is 4.47 Å². The summed E-state index contributed by atoms with van der Waals surface area (Å²) in [6, 6.07) is 5.65. The van der Waals surface area contributed by atoms with Gasteiger partial charge in [0.15, 0.2) is 0 Å². The number of aryl methyl sites for hydroxylation is 1. The van der Waals surface area contributed by atoms with Gasteiger partial charge in [0.25, 0.3) is 5.91 Å². The quantitative estimate of drug-likeness (QED) is 0.573. The molecule has 1 N–H and O–H groups in total. The fraction of sp³-hybridized carbons (Fsp3) is 0.0714. The monoisotopic (exact) mass is 481 g/mol. The van der Waals surface area contributed by atoms with Gasteiger partial charge in [-0.2, -0.15) is 0 Å². The maximum absolute atomic E-state index is 13.8. The van der Waals surface area contributed by atoms with Crippen molar-refractivity contribution in [2.24, 2.45) is 0 Å². The van der Waals surface area contributed by atoms with E-state index in [0.717, 1.165) is 17.7 Å². The van der Waals surface area contributed by atoms with Crippen molar-refractivity contribution < 1.29 is 13.6 Å². The Labute approximate surface area is 145 Å². The lowest BCUT2D eigenvalue weighted by Crippen LogP contribution is -2.16. The Morgan fingerprint density at radius 3 is 1.95 bits per heavy atom. The molecule has 0 aromatic heterocycles. The second kappa shape index (κ2) is 6.54. The fourth-order valence-corrected chi connectivity index (χ4v) is 3.77. The van der Waals surface area contributed by atoms with Crippen LogP contribution in [0.2, 0.25) is 0 Å². The zero-order valence-corrected chi connectivity index (χ0v) is 15.4. The lowest BCUT2D eigenvalue weighted by Gasteiger charge is -2.12. The molecule has 2 nitrogen and oxygen atoms in total. The first-order chi connectivity index (χ1) is 9.79. The van der Waals surface area contributed by atoms with Gasteiger partial charge < -0.3 is 5.32 Å². The first kappa shape index (κ1) is 16.6. The Morgan fingerprint density at radius 1 is 1.00 bits per heavy atom. The van der Waals surface area contributed by atoms with Crippen LogP contribution in [0.15, 0.2) is 37.7 Å². The molecule has 0 bridgehead atoms. The van der Waals surface area contributed by atoms with Gasteiger partial charge in [-0.25, -0.2) is 8.78 Å². The highest BCUT2D eigenvalue weighted by Gasteiger charge is 2.20. The van der Waals surface area contributed by atoms with Crippen molar-refractivity contribution in [1.29, 1.82) is 0 Å². The summed E-state index contributed by atoms with van der Waals surface area (Å²) in [5.74, 6) is -2.72. The highest BCUT2D eigenvalue weighted by molar-refractivity contribution is 9.11. The average Bonchev–Trinajstić information content (AvgIpc) is 2.32. The maximum atomic E-state index is 13.8. The Kier molecular flexibility index (Phi) is 5.16. The summed E-state index contributed by atoms with van der Waals surface area (Å²) in [4.78, 5) is 12.1. The number of benzene rings is 2. The van der Waals surface area contributed by atoms with Crippen LogP contribution >= 0.6 is 47.8 Å². The SMILES string of the molecule is Cc1cc(Br)c(NC(=O)c2c(F)cc(Br)cc2F)c(Br)c1. The standard InChI is InChI=1S/C14H8Br3F2NO/c1-6-2-8(16)13(9(17)3-6)20-14(21)12-10(18)4-7(15)5-11(12)19/h2-5H,1H3,(H,20,21). The number of anilines is 1. The number of nitrogens with one attached hydrogen (secondary N) is 1. The van der Waals surface area contributed by atoms with Crippen LogP contribution in [0, 0.1) is 18.6 Å². The third-order valence-electron chi connectivity index (χ3n) is 2.66. The van der Waals surface area contributed by atoms with Crippen LogP contribution in [0.3, 0.4) is 0 Å². The van der Waals surface area contributed by atoms with Crippen molar-refractivity contribution >= 4 is 59.4 Å². The molecule has 7 heteroatoms.